The second-order valence-electron chi connectivity index (χ2n) is 5.94. The molecule has 0 unspecified atom stereocenters. The number of hydrogen-bond acceptors (Lipinski definition) is 5. The smallest absolute Gasteiger partial charge is 0.293 e. The van der Waals surface area contributed by atoms with Crippen LogP contribution in [-0.4, -0.2) is 34.5 Å². The van der Waals surface area contributed by atoms with Gasteiger partial charge >= 0.3 is 0 Å². The summed E-state index contributed by atoms with van der Waals surface area (Å²) in [5.41, 5.74) is 3.88. The Hall–Kier alpha value is -2.67. The average molecular weight is 356 g/mol. The van der Waals surface area contributed by atoms with Gasteiger partial charge in [-0.25, -0.2) is 0 Å². The normalized spacial score (nSPS) is 17.9. The van der Waals surface area contributed by atoms with Crippen molar-refractivity contribution in [3.8, 4) is 17.2 Å². The van der Waals surface area contributed by atoms with Crippen molar-refractivity contribution < 1.29 is 19.1 Å². The van der Waals surface area contributed by atoms with Crippen LogP contribution in [0.25, 0.3) is 11.8 Å². The first-order valence-electron chi connectivity index (χ1n) is 7.76. The third-order valence-corrected chi connectivity index (χ3v) is 5.32. The van der Waals surface area contributed by atoms with E-state index in [1.807, 2.05) is 38.1 Å². The molecule has 128 valence electrons. The molecule has 4 rings (SSSR count). The highest BCUT2D eigenvalue weighted by Crippen LogP contribution is 2.36. The molecule has 2 aromatic rings. The molecular formula is C18H16N2O4S. The number of hydrogen-bond donors (Lipinski definition) is 0. The van der Waals surface area contributed by atoms with Gasteiger partial charge in [-0.1, -0.05) is 0 Å². The van der Waals surface area contributed by atoms with Crippen LogP contribution in [0.2, 0.25) is 0 Å². The number of likely N-dealkylation sites (N-methyl/N-ethyl adjacent to an activating group) is 1. The van der Waals surface area contributed by atoms with Gasteiger partial charge in [0, 0.05) is 30.2 Å². The number of ether oxygens (including phenoxy) is 2. The number of carbonyl (C=O) groups excluding carboxylic acids is 2. The van der Waals surface area contributed by atoms with Gasteiger partial charge in [-0.3, -0.25) is 14.5 Å². The molecule has 0 atom stereocenters. The highest BCUT2D eigenvalue weighted by Gasteiger charge is 2.32. The molecular weight excluding hydrogens is 340 g/mol. The van der Waals surface area contributed by atoms with Crippen molar-refractivity contribution >= 4 is 29.0 Å². The summed E-state index contributed by atoms with van der Waals surface area (Å²) in [5, 5.41) is -0.249. The number of carbonyl (C=O) groups is 2. The number of amides is 2. The molecule has 2 aliphatic rings. The topological polar surface area (TPSA) is 60.8 Å². The minimum atomic E-state index is -0.261. The van der Waals surface area contributed by atoms with Crippen LogP contribution < -0.4 is 9.47 Å². The van der Waals surface area contributed by atoms with Gasteiger partial charge < -0.3 is 14.0 Å². The molecule has 0 aliphatic carbocycles. The Bertz CT molecular complexity index is 945. The minimum absolute atomic E-state index is 0.237. The Labute approximate surface area is 149 Å². The van der Waals surface area contributed by atoms with Gasteiger partial charge in [0.1, 0.15) is 0 Å². The van der Waals surface area contributed by atoms with Gasteiger partial charge in [0.15, 0.2) is 11.5 Å². The highest BCUT2D eigenvalue weighted by atomic mass is 32.2. The summed E-state index contributed by atoms with van der Waals surface area (Å²) >= 11 is 0.965. The van der Waals surface area contributed by atoms with E-state index >= 15 is 0 Å². The van der Waals surface area contributed by atoms with Crippen molar-refractivity contribution in [2.75, 3.05) is 13.8 Å². The van der Waals surface area contributed by atoms with Crippen LogP contribution in [0.5, 0.6) is 11.5 Å². The van der Waals surface area contributed by atoms with E-state index < -0.39 is 0 Å². The lowest BCUT2D eigenvalue weighted by Crippen LogP contribution is -2.22. The van der Waals surface area contributed by atoms with Crippen LogP contribution in [-0.2, 0) is 4.79 Å². The molecule has 1 aromatic heterocycles. The molecule has 1 saturated heterocycles. The molecule has 1 aromatic carbocycles. The van der Waals surface area contributed by atoms with Crippen molar-refractivity contribution in [1.29, 1.82) is 0 Å². The number of aryl methyl sites for hydroxylation is 1. The molecule has 1 fully saturated rings. The number of aromatic nitrogens is 1. The largest absolute Gasteiger partial charge is 0.454 e. The lowest BCUT2D eigenvalue weighted by Gasteiger charge is -2.10. The maximum absolute atomic E-state index is 12.1. The van der Waals surface area contributed by atoms with Gasteiger partial charge in [-0.2, -0.15) is 0 Å². The number of nitrogens with zero attached hydrogens (tertiary/aromatic N) is 2. The lowest BCUT2D eigenvalue weighted by molar-refractivity contribution is -0.121. The standard InChI is InChI=1S/C18H16N2O4S/c1-10-6-12(7-16-17(21)19(3)18(22)25-16)11(2)20(10)13-4-5-14-15(8-13)24-9-23-14/h4-8H,9H2,1-3H3/b16-7+. The van der Waals surface area contributed by atoms with E-state index in [1.54, 1.807) is 6.08 Å². The number of benzene rings is 1. The summed E-state index contributed by atoms with van der Waals surface area (Å²) < 4.78 is 12.9. The Kier molecular flexibility index (Phi) is 3.61. The molecule has 0 radical (unpaired) electrons. The zero-order valence-electron chi connectivity index (χ0n) is 14.0. The van der Waals surface area contributed by atoms with Crippen molar-refractivity contribution in [1.82, 2.24) is 9.47 Å². The quantitative estimate of drug-likeness (QED) is 0.771. The maximum Gasteiger partial charge on any atom is 0.293 e. The number of imide groups is 1. The highest BCUT2D eigenvalue weighted by molar-refractivity contribution is 8.18. The monoisotopic (exact) mass is 356 g/mol. The van der Waals surface area contributed by atoms with Gasteiger partial charge in [0.2, 0.25) is 6.79 Å². The summed E-state index contributed by atoms with van der Waals surface area (Å²) in [6.07, 6.45) is 1.78. The van der Waals surface area contributed by atoms with Crippen LogP contribution in [0.4, 0.5) is 4.79 Å². The summed E-state index contributed by atoms with van der Waals surface area (Å²) in [4.78, 5) is 25.3. The first-order valence-corrected chi connectivity index (χ1v) is 8.58. The molecule has 0 N–H and O–H groups in total. The van der Waals surface area contributed by atoms with Gasteiger partial charge in [0.25, 0.3) is 11.1 Å². The fraction of sp³-hybridized carbons (Fsp3) is 0.222. The van der Waals surface area contributed by atoms with Gasteiger partial charge in [0.05, 0.1) is 4.91 Å². The van der Waals surface area contributed by atoms with E-state index in [4.69, 9.17) is 9.47 Å². The van der Waals surface area contributed by atoms with Crippen LogP contribution in [0.1, 0.15) is 17.0 Å². The number of thioether (sulfide) groups is 1. The molecule has 0 bridgehead atoms. The van der Waals surface area contributed by atoms with E-state index in [9.17, 15) is 9.59 Å². The third kappa shape index (κ3) is 2.51. The first kappa shape index (κ1) is 15.8. The first-order chi connectivity index (χ1) is 12.0. The molecule has 3 heterocycles. The second-order valence-corrected chi connectivity index (χ2v) is 6.93. The molecule has 0 spiro atoms. The van der Waals surface area contributed by atoms with Gasteiger partial charge in [-0.05, 0) is 55.4 Å². The van der Waals surface area contributed by atoms with Crippen LogP contribution in [0.3, 0.4) is 0 Å². The molecule has 2 amide bonds. The van der Waals surface area contributed by atoms with Crippen molar-refractivity contribution in [3.05, 3.63) is 46.1 Å². The van der Waals surface area contributed by atoms with E-state index in [0.717, 1.165) is 50.8 Å². The molecule has 25 heavy (non-hydrogen) atoms. The zero-order chi connectivity index (χ0) is 17.7. The Morgan fingerprint density at radius 3 is 2.60 bits per heavy atom. The van der Waals surface area contributed by atoms with Crippen LogP contribution >= 0.6 is 11.8 Å². The fourth-order valence-electron chi connectivity index (χ4n) is 3.04. The van der Waals surface area contributed by atoms with Gasteiger partial charge in [-0.15, -0.1) is 0 Å². The fourth-order valence-corrected chi connectivity index (χ4v) is 3.86. The van der Waals surface area contributed by atoms with E-state index in [0.29, 0.717) is 4.91 Å². The maximum atomic E-state index is 12.1. The lowest BCUT2D eigenvalue weighted by atomic mass is 10.2. The second kappa shape index (κ2) is 5.70. The Morgan fingerprint density at radius 1 is 1.12 bits per heavy atom. The van der Waals surface area contributed by atoms with Crippen LogP contribution in [0.15, 0.2) is 29.2 Å². The summed E-state index contributed by atoms with van der Waals surface area (Å²) in [6.45, 7) is 4.22. The molecule has 6 nitrogen and oxygen atoms in total. The SMILES string of the molecule is Cc1cc(/C=C2/SC(=O)N(C)C2=O)c(C)n1-c1ccc2c(c1)OCO2. The van der Waals surface area contributed by atoms with Crippen molar-refractivity contribution in [2.45, 2.75) is 13.8 Å². The summed E-state index contributed by atoms with van der Waals surface area (Å²) in [5.74, 6) is 1.20. The van der Waals surface area contributed by atoms with E-state index in [2.05, 4.69) is 4.57 Å². The molecule has 7 heteroatoms. The number of rotatable bonds is 2. The van der Waals surface area contributed by atoms with Crippen molar-refractivity contribution in [3.63, 3.8) is 0 Å². The van der Waals surface area contributed by atoms with Crippen molar-refractivity contribution in [2.24, 2.45) is 0 Å². The summed E-state index contributed by atoms with van der Waals surface area (Å²) in [6, 6.07) is 7.80. The summed E-state index contributed by atoms with van der Waals surface area (Å²) in [7, 11) is 1.49. The zero-order valence-corrected chi connectivity index (χ0v) is 14.8. The minimum Gasteiger partial charge on any atom is -0.454 e. The predicted octanol–water partition coefficient (Wildman–Crippen LogP) is 3.49. The van der Waals surface area contributed by atoms with Crippen LogP contribution in [0, 0.1) is 13.8 Å². The Balaban J connectivity index is 1.75. The predicted molar refractivity (Wildman–Crippen MR) is 95.1 cm³/mol. The third-order valence-electron chi connectivity index (χ3n) is 4.36. The molecule has 2 aliphatic heterocycles. The number of fused-ring (bicyclic) bond motifs is 1. The van der Waals surface area contributed by atoms with E-state index in [1.165, 1.54) is 7.05 Å². The average Bonchev–Trinajstić information content (AvgIpc) is 3.22. The molecule has 0 saturated carbocycles. The van der Waals surface area contributed by atoms with E-state index in [-0.39, 0.29) is 17.9 Å². The Morgan fingerprint density at radius 2 is 1.88 bits per heavy atom.